The molecule has 2 saturated carbocycles. The third-order valence-electron chi connectivity index (χ3n) is 7.44. The number of rotatable bonds is 9. The Kier molecular flexibility index (Phi) is 7.31. The van der Waals surface area contributed by atoms with Gasteiger partial charge in [0.05, 0.1) is 0 Å². The summed E-state index contributed by atoms with van der Waals surface area (Å²) < 4.78 is 6.14. The van der Waals surface area contributed by atoms with Crippen LogP contribution in [-0.4, -0.2) is 42.5 Å². The summed E-state index contributed by atoms with van der Waals surface area (Å²) in [5, 5.41) is 3.11. The number of benzene rings is 1. The van der Waals surface area contributed by atoms with E-state index >= 15 is 0 Å². The van der Waals surface area contributed by atoms with Crippen LogP contribution in [0.3, 0.4) is 0 Å². The largest absolute Gasteiger partial charge is 0.490 e. The molecule has 3 unspecified atom stereocenters. The molecule has 0 spiro atoms. The summed E-state index contributed by atoms with van der Waals surface area (Å²) in [4.78, 5) is 26.7. The van der Waals surface area contributed by atoms with Gasteiger partial charge in [-0.3, -0.25) is 9.59 Å². The van der Waals surface area contributed by atoms with Crippen molar-refractivity contribution in [1.82, 2.24) is 10.2 Å². The van der Waals surface area contributed by atoms with Crippen LogP contribution in [0, 0.1) is 17.8 Å². The molecule has 2 amide bonds. The first-order valence-corrected chi connectivity index (χ1v) is 12.1. The third-order valence-corrected chi connectivity index (χ3v) is 7.44. The van der Waals surface area contributed by atoms with Crippen LogP contribution >= 0.6 is 0 Å². The van der Waals surface area contributed by atoms with Crippen molar-refractivity contribution in [3.63, 3.8) is 0 Å². The van der Waals surface area contributed by atoms with Crippen LogP contribution in [0.5, 0.6) is 5.75 Å². The zero-order valence-corrected chi connectivity index (χ0v) is 18.6. The predicted octanol–water partition coefficient (Wildman–Crippen LogP) is 4.58. The standard InChI is InChI=1S/C26H36N2O3/c1-2-3-7-25(29)28-14-11-23(12-15-28)31-24-6-4-5-22(18-24)26(30)27-13-10-21-17-19-8-9-20(21)16-19/h2,4-6,18-21,23H,1,3,7-17H2,(H,27,30). The first-order chi connectivity index (χ1) is 15.1. The molecule has 2 aliphatic carbocycles. The Hall–Kier alpha value is -2.30. The van der Waals surface area contributed by atoms with Crippen LogP contribution in [0.2, 0.25) is 0 Å². The number of piperidine rings is 1. The van der Waals surface area contributed by atoms with Gasteiger partial charge in [0.15, 0.2) is 0 Å². The fourth-order valence-corrected chi connectivity index (χ4v) is 5.71. The Morgan fingerprint density at radius 1 is 1.16 bits per heavy atom. The molecule has 5 heteroatoms. The second-order valence-electron chi connectivity index (χ2n) is 9.53. The van der Waals surface area contributed by atoms with E-state index in [0.29, 0.717) is 12.0 Å². The molecule has 1 heterocycles. The van der Waals surface area contributed by atoms with Crippen molar-refractivity contribution in [2.75, 3.05) is 19.6 Å². The highest BCUT2D eigenvalue weighted by Crippen LogP contribution is 2.49. The van der Waals surface area contributed by atoms with Crippen LogP contribution < -0.4 is 10.1 Å². The lowest BCUT2D eigenvalue weighted by atomic mass is 9.86. The van der Waals surface area contributed by atoms with E-state index in [2.05, 4.69) is 11.9 Å². The number of carbonyl (C=O) groups is 2. The maximum atomic E-state index is 12.6. The Morgan fingerprint density at radius 3 is 2.71 bits per heavy atom. The highest BCUT2D eigenvalue weighted by molar-refractivity contribution is 5.94. The summed E-state index contributed by atoms with van der Waals surface area (Å²) in [5.74, 6) is 3.58. The van der Waals surface area contributed by atoms with Crippen molar-refractivity contribution in [3.05, 3.63) is 42.5 Å². The summed E-state index contributed by atoms with van der Waals surface area (Å²) >= 11 is 0. The Bertz CT molecular complexity index is 785. The average molecular weight is 425 g/mol. The van der Waals surface area contributed by atoms with Gasteiger partial charge in [0, 0.05) is 44.5 Å². The van der Waals surface area contributed by atoms with Crippen LogP contribution in [0.25, 0.3) is 0 Å². The molecule has 0 radical (unpaired) electrons. The van der Waals surface area contributed by atoms with E-state index < -0.39 is 0 Å². The zero-order valence-electron chi connectivity index (χ0n) is 18.6. The van der Waals surface area contributed by atoms with Gasteiger partial charge in [0.1, 0.15) is 11.9 Å². The number of fused-ring (bicyclic) bond motifs is 2. The maximum absolute atomic E-state index is 12.6. The number of likely N-dealkylation sites (tertiary alicyclic amines) is 1. The number of nitrogens with one attached hydrogen (secondary N) is 1. The topological polar surface area (TPSA) is 58.6 Å². The molecule has 3 fully saturated rings. The minimum atomic E-state index is -0.0174. The zero-order chi connectivity index (χ0) is 21.6. The normalized spacial score (nSPS) is 25.4. The first-order valence-electron chi connectivity index (χ1n) is 12.1. The first kappa shape index (κ1) is 21.9. The van der Waals surface area contributed by atoms with Gasteiger partial charge in [-0.15, -0.1) is 6.58 Å². The maximum Gasteiger partial charge on any atom is 0.251 e. The van der Waals surface area contributed by atoms with Crippen molar-refractivity contribution in [1.29, 1.82) is 0 Å². The average Bonchev–Trinajstić information content (AvgIpc) is 3.41. The highest BCUT2D eigenvalue weighted by Gasteiger charge is 2.38. The van der Waals surface area contributed by atoms with Crippen molar-refractivity contribution in [3.8, 4) is 5.75 Å². The van der Waals surface area contributed by atoms with Crippen molar-refractivity contribution in [2.24, 2.45) is 17.8 Å². The fraction of sp³-hybridized carbons (Fsp3) is 0.615. The molecule has 2 bridgehead atoms. The van der Waals surface area contributed by atoms with Crippen LogP contribution in [0.15, 0.2) is 36.9 Å². The van der Waals surface area contributed by atoms with E-state index in [1.807, 2.05) is 29.2 Å². The van der Waals surface area contributed by atoms with Gasteiger partial charge in [0.2, 0.25) is 5.91 Å². The van der Waals surface area contributed by atoms with Crippen LogP contribution in [-0.2, 0) is 4.79 Å². The number of nitrogens with zero attached hydrogens (tertiary/aromatic N) is 1. The number of hydrogen-bond acceptors (Lipinski definition) is 3. The summed E-state index contributed by atoms with van der Waals surface area (Å²) in [5.41, 5.74) is 0.655. The Labute approximate surface area is 186 Å². The molecule has 1 N–H and O–H groups in total. The number of ether oxygens (including phenoxy) is 1. The fourth-order valence-electron chi connectivity index (χ4n) is 5.71. The number of amides is 2. The number of allylic oxidation sites excluding steroid dienone is 1. The van der Waals surface area contributed by atoms with Crippen LogP contribution in [0.4, 0.5) is 0 Å². The predicted molar refractivity (Wildman–Crippen MR) is 122 cm³/mol. The molecular formula is C26H36N2O3. The number of hydrogen-bond donors (Lipinski definition) is 1. The van der Waals surface area contributed by atoms with E-state index in [0.717, 1.165) is 68.8 Å². The summed E-state index contributed by atoms with van der Waals surface area (Å²) in [6, 6.07) is 7.48. The molecule has 0 aromatic heterocycles. The van der Waals surface area contributed by atoms with E-state index in [1.165, 1.54) is 25.7 Å². The van der Waals surface area contributed by atoms with Crippen molar-refractivity contribution < 1.29 is 14.3 Å². The lowest BCUT2D eigenvalue weighted by Gasteiger charge is -2.32. The van der Waals surface area contributed by atoms with Gasteiger partial charge in [0.25, 0.3) is 5.91 Å². The third kappa shape index (κ3) is 5.69. The molecule has 1 aromatic rings. The second kappa shape index (κ2) is 10.3. The van der Waals surface area contributed by atoms with Crippen LogP contribution in [0.1, 0.15) is 68.1 Å². The van der Waals surface area contributed by atoms with Gasteiger partial charge in [-0.2, -0.15) is 0 Å². The van der Waals surface area contributed by atoms with Gasteiger partial charge < -0.3 is 15.0 Å². The molecule has 3 aliphatic rings. The van der Waals surface area contributed by atoms with E-state index in [-0.39, 0.29) is 17.9 Å². The molecule has 1 aliphatic heterocycles. The van der Waals surface area contributed by atoms with E-state index in [9.17, 15) is 9.59 Å². The van der Waals surface area contributed by atoms with E-state index in [4.69, 9.17) is 4.74 Å². The molecule has 31 heavy (non-hydrogen) atoms. The lowest BCUT2D eigenvalue weighted by molar-refractivity contribution is -0.132. The molecule has 1 saturated heterocycles. The molecule has 1 aromatic carbocycles. The van der Waals surface area contributed by atoms with Gasteiger partial charge in [-0.25, -0.2) is 0 Å². The summed E-state index contributed by atoms with van der Waals surface area (Å²) in [6.07, 6.45) is 11.5. The second-order valence-corrected chi connectivity index (χ2v) is 9.53. The van der Waals surface area contributed by atoms with Crippen molar-refractivity contribution >= 4 is 11.8 Å². The minimum absolute atomic E-state index is 0.0174. The van der Waals surface area contributed by atoms with E-state index in [1.54, 1.807) is 6.08 Å². The number of carbonyl (C=O) groups excluding carboxylic acids is 2. The van der Waals surface area contributed by atoms with Gasteiger partial charge in [-0.05, 0) is 68.1 Å². The quantitative estimate of drug-likeness (QED) is 0.591. The molecule has 4 rings (SSSR count). The lowest BCUT2D eigenvalue weighted by Crippen LogP contribution is -2.41. The SMILES string of the molecule is C=CCCC(=O)N1CCC(Oc2cccc(C(=O)NCCC3CC4CCC3C4)c2)CC1. The van der Waals surface area contributed by atoms with Crippen molar-refractivity contribution in [2.45, 2.75) is 63.9 Å². The van der Waals surface area contributed by atoms with Gasteiger partial charge >= 0.3 is 0 Å². The minimum Gasteiger partial charge on any atom is -0.490 e. The Balaban J connectivity index is 1.20. The Morgan fingerprint density at radius 2 is 2.00 bits per heavy atom. The molecular weight excluding hydrogens is 388 g/mol. The summed E-state index contributed by atoms with van der Waals surface area (Å²) in [6.45, 7) is 5.89. The molecule has 168 valence electrons. The smallest absolute Gasteiger partial charge is 0.251 e. The molecule has 3 atom stereocenters. The van der Waals surface area contributed by atoms with Gasteiger partial charge in [-0.1, -0.05) is 18.6 Å². The molecule has 5 nitrogen and oxygen atoms in total. The highest BCUT2D eigenvalue weighted by atomic mass is 16.5. The monoisotopic (exact) mass is 424 g/mol. The summed E-state index contributed by atoms with van der Waals surface area (Å²) in [7, 11) is 0.